The molecule has 3 fully saturated rings. The van der Waals surface area contributed by atoms with Crippen molar-refractivity contribution in [2.75, 3.05) is 39.3 Å². The SMILES string of the molecule is C=C/C(F)=C(/CCN1CCC2(CC1)CN(CC(C)(C)C)CC1(CC1)O2)N=C. The topological polar surface area (TPSA) is 28.1 Å². The molecule has 1 aliphatic carbocycles. The molecule has 3 aliphatic rings. The van der Waals surface area contributed by atoms with Gasteiger partial charge in [-0.25, -0.2) is 4.39 Å². The van der Waals surface area contributed by atoms with Crippen LogP contribution in [0, 0.1) is 5.41 Å². The van der Waals surface area contributed by atoms with E-state index in [4.69, 9.17) is 4.74 Å². The average molecular weight is 378 g/mol. The number of ether oxygens (including phenoxy) is 1. The molecule has 0 atom stereocenters. The maximum atomic E-state index is 13.7. The Kier molecular flexibility index (Phi) is 5.95. The maximum Gasteiger partial charge on any atom is 0.144 e. The first-order valence-electron chi connectivity index (χ1n) is 10.3. The molecule has 2 aliphatic heterocycles. The Hall–Kier alpha value is -1.04. The molecule has 0 aromatic heterocycles. The van der Waals surface area contributed by atoms with Gasteiger partial charge in [0.25, 0.3) is 0 Å². The molecule has 3 rings (SSSR count). The molecule has 1 saturated carbocycles. The molecule has 0 N–H and O–H groups in total. The molecule has 2 spiro atoms. The number of rotatable bonds is 6. The van der Waals surface area contributed by atoms with Gasteiger partial charge in [0.15, 0.2) is 0 Å². The number of allylic oxidation sites excluding steroid dienone is 2. The first-order chi connectivity index (χ1) is 12.7. The number of hydrogen-bond donors (Lipinski definition) is 0. The average Bonchev–Trinajstić information content (AvgIpc) is 3.32. The lowest BCUT2D eigenvalue weighted by Crippen LogP contribution is -2.61. The molecule has 0 aromatic rings. The first kappa shape index (κ1) is 20.7. The summed E-state index contributed by atoms with van der Waals surface area (Å²) >= 11 is 0. The number of nitrogens with zero attached hydrogens (tertiary/aromatic N) is 3. The molecule has 4 nitrogen and oxygen atoms in total. The van der Waals surface area contributed by atoms with Crippen LogP contribution in [-0.4, -0.2) is 67.0 Å². The highest BCUT2D eigenvalue weighted by molar-refractivity contribution is 5.31. The van der Waals surface area contributed by atoms with E-state index >= 15 is 0 Å². The van der Waals surface area contributed by atoms with Gasteiger partial charge >= 0.3 is 0 Å². The van der Waals surface area contributed by atoms with Gasteiger partial charge in [0.1, 0.15) is 5.83 Å². The fraction of sp³-hybridized carbons (Fsp3) is 0.773. The second kappa shape index (κ2) is 7.76. The van der Waals surface area contributed by atoms with E-state index in [9.17, 15) is 4.39 Å². The lowest BCUT2D eigenvalue weighted by Gasteiger charge is -2.51. The third-order valence-electron chi connectivity index (χ3n) is 6.04. The van der Waals surface area contributed by atoms with Crippen LogP contribution >= 0.6 is 0 Å². The first-order valence-corrected chi connectivity index (χ1v) is 10.3. The lowest BCUT2D eigenvalue weighted by molar-refractivity contribution is -0.191. The summed E-state index contributed by atoms with van der Waals surface area (Å²) in [6, 6.07) is 0. The monoisotopic (exact) mass is 377 g/mol. The molecular weight excluding hydrogens is 341 g/mol. The third kappa shape index (κ3) is 5.27. The summed E-state index contributed by atoms with van der Waals surface area (Å²) < 4.78 is 20.4. The lowest BCUT2D eigenvalue weighted by atomic mass is 9.86. The van der Waals surface area contributed by atoms with Crippen molar-refractivity contribution < 1.29 is 9.13 Å². The Balaban J connectivity index is 1.57. The summed E-state index contributed by atoms with van der Waals surface area (Å²) in [5.41, 5.74) is 0.845. The maximum absolute atomic E-state index is 13.7. The van der Waals surface area contributed by atoms with Crippen molar-refractivity contribution in [1.82, 2.24) is 9.80 Å². The van der Waals surface area contributed by atoms with Crippen LogP contribution in [0.3, 0.4) is 0 Å². The Labute approximate surface area is 164 Å². The number of hydrogen-bond acceptors (Lipinski definition) is 4. The van der Waals surface area contributed by atoms with Gasteiger partial charge in [0, 0.05) is 45.7 Å². The molecule has 0 amide bonds. The quantitative estimate of drug-likeness (QED) is 0.513. The number of halogens is 1. The summed E-state index contributed by atoms with van der Waals surface area (Å²) in [5.74, 6) is -0.359. The Morgan fingerprint density at radius 3 is 2.19 bits per heavy atom. The number of piperidine rings is 1. The van der Waals surface area contributed by atoms with E-state index in [1.807, 2.05) is 0 Å². The number of aliphatic imine (C=N–C) groups is 1. The van der Waals surface area contributed by atoms with E-state index in [-0.39, 0.29) is 17.0 Å². The zero-order valence-corrected chi connectivity index (χ0v) is 17.4. The van der Waals surface area contributed by atoms with Gasteiger partial charge in [-0.2, -0.15) is 0 Å². The second-order valence-corrected chi connectivity index (χ2v) is 9.92. The summed E-state index contributed by atoms with van der Waals surface area (Å²) in [4.78, 5) is 8.87. The molecule has 2 heterocycles. The molecule has 5 heteroatoms. The summed E-state index contributed by atoms with van der Waals surface area (Å²) in [7, 11) is 0. The van der Waals surface area contributed by atoms with Crippen molar-refractivity contribution in [3.63, 3.8) is 0 Å². The molecule has 0 bridgehead atoms. The van der Waals surface area contributed by atoms with E-state index in [0.717, 1.165) is 52.1 Å². The van der Waals surface area contributed by atoms with Crippen LogP contribution in [0.1, 0.15) is 52.9 Å². The molecule has 0 radical (unpaired) electrons. The minimum atomic E-state index is -0.359. The third-order valence-corrected chi connectivity index (χ3v) is 6.04. The molecular formula is C22H36FN3O. The predicted molar refractivity (Wildman–Crippen MR) is 110 cm³/mol. The highest BCUT2D eigenvalue weighted by Crippen LogP contribution is 2.49. The Morgan fingerprint density at radius 1 is 1.11 bits per heavy atom. The largest absolute Gasteiger partial charge is 0.366 e. The molecule has 0 aromatic carbocycles. The summed E-state index contributed by atoms with van der Waals surface area (Å²) in [6.07, 6.45) is 6.32. The molecule has 2 saturated heterocycles. The van der Waals surface area contributed by atoms with Gasteiger partial charge in [-0.15, -0.1) is 0 Å². The van der Waals surface area contributed by atoms with Crippen molar-refractivity contribution in [3.8, 4) is 0 Å². The smallest absolute Gasteiger partial charge is 0.144 e. The summed E-state index contributed by atoms with van der Waals surface area (Å²) in [5, 5.41) is 0. The van der Waals surface area contributed by atoms with Crippen molar-refractivity contribution >= 4 is 6.72 Å². The number of likely N-dealkylation sites (tertiary alicyclic amines) is 1. The van der Waals surface area contributed by atoms with Gasteiger partial charge in [-0.3, -0.25) is 9.89 Å². The van der Waals surface area contributed by atoms with E-state index in [1.54, 1.807) is 0 Å². The van der Waals surface area contributed by atoms with Gasteiger partial charge in [-0.1, -0.05) is 27.4 Å². The zero-order valence-electron chi connectivity index (χ0n) is 17.4. The van der Waals surface area contributed by atoms with Crippen LogP contribution < -0.4 is 0 Å². The Bertz CT molecular complexity index is 593. The van der Waals surface area contributed by atoms with Crippen LogP contribution in [-0.2, 0) is 4.74 Å². The van der Waals surface area contributed by atoms with E-state index in [1.165, 1.54) is 18.9 Å². The Morgan fingerprint density at radius 2 is 1.70 bits per heavy atom. The molecule has 27 heavy (non-hydrogen) atoms. The van der Waals surface area contributed by atoms with Crippen molar-refractivity contribution in [2.45, 2.75) is 64.1 Å². The summed E-state index contributed by atoms with van der Waals surface area (Å²) in [6.45, 7) is 20.0. The van der Waals surface area contributed by atoms with Crippen LogP contribution in [0.25, 0.3) is 0 Å². The van der Waals surface area contributed by atoms with E-state index in [0.29, 0.717) is 17.5 Å². The van der Waals surface area contributed by atoms with Gasteiger partial charge in [0.05, 0.1) is 16.9 Å². The van der Waals surface area contributed by atoms with E-state index < -0.39 is 0 Å². The van der Waals surface area contributed by atoms with Gasteiger partial charge < -0.3 is 9.64 Å². The molecule has 152 valence electrons. The van der Waals surface area contributed by atoms with Crippen LogP contribution in [0.2, 0.25) is 0 Å². The van der Waals surface area contributed by atoms with Crippen molar-refractivity contribution in [3.05, 3.63) is 24.2 Å². The normalized spacial score (nSPS) is 26.1. The van der Waals surface area contributed by atoms with Crippen molar-refractivity contribution in [2.24, 2.45) is 10.4 Å². The number of morpholine rings is 1. The van der Waals surface area contributed by atoms with Gasteiger partial charge in [0.2, 0.25) is 0 Å². The second-order valence-electron chi connectivity index (χ2n) is 9.92. The highest BCUT2D eigenvalue weighted by atomic mass is 19.1. The minimum Gasteiger partial charge on any atom is -0.366 e. The fourth-order valence-corrected chi connectivity index (χ4v) is 4.68. The molecule has 0 unspecified atom stereocenters. The highest BCUT2D eigenvalue weighted by Gasteiger charge is 2.55. The predicted octanol–water partition coefficient (Wildman–Crippen LogP) is 4.19. The zero-order chi connectivity index (χ0) is 19.7. The van der Waals surface area contributed by atoms with Crippen molar-refractivity contribution in [1.29, 1.82) is 0 Å². The minimum absolute atomic E-state index is 0.00176. The van der Waals surface area contributed by atoms with Crippen LogP contribution in [0.4, 0.5) is 4.39 Å². The van der Waals surface area contributed by atoms with E-state index in [2.05, 4.69) is 48.9 Å². The van der Waals surface area contributed by atoms with Crippen LogP contribution in [0.15, 0.2) is 29.2 Å². The van der Waals surface area contributed by atoms with Crippen LogP contribution in [0.5, 0.6) is 0 Å². The standard InChI is InChI=1S/C22H36FN3O/c1-6-18(23)19(24-5)7-12-25-13-10-22(11-14-25)17-26(15-20(2,3)4)16-21(27-22)8-9-21/h6H,1,5,7-17H2,2-4H3/b19-18+. The van der Waals surface area contributed by atoms with Gasteiger partial charge in [-0.05, 0) is 43.9 Å². The fourth-order valence-electron chi connectivity index (χ4n) is 4.68.